The average molecular weight is 527 g/mol. The number of halogens is 2. The fraction of sp³-hybridized carbons (Fsp3) is 0.357. The Kier molecular flexibility index (Phi) is 9.24. The van der Waals surface area contributed by atoms with E-state index < -0.39 is 11.8 Å². The van der Waals surface area contributed by atoms with Crippen molar-refractivity contribution in [2.24, 2.45) is 0 Å². The van der Waals surface area contributed by atoms with Crippen LogP contribution in [0, 0.1) is 18.6 Å². The highest BCUT2D eigenvalue weighted by atomic mass is 32.1. The fourth-order valence-electron chi connectivity index (χ4n) is 4.32. The Bertz CT molecular complexity index is 1190. The lowest BCUT2D eigenvalue weighted by molar-refractivity contribution is -0.133. The third-order valence-corrected chi connectivity index (χ3v) is 7.56. The molecule has 3 aromatic rings. The fourth-order valence-corrected chi connectivity index (χ4v) is 5.24. The minimum Gasteiger partial charge on any atom is -0.332 e. The maximum Gasteiger partial charge on any atom is 0.322 e. The van der Waals surface area contributed by atoms with Crippen LogP contribution in [-0.2, 0) is 17.9 Å². The van der Waals surface area contributed by atoms with Gasteiger partial charge in [-0.3, -0.25) is 4.79 Å². The normalized spacial score (nSPS) is 13.5. The monoisotopic (exact) mass is 526 g/mol. The van der Waals surface area contributed by atoms with Crippen molar-refractivity contribution in [2.45, 2.75) is 32.9 Å². The van der Waals surface area contributed by atoms with E-state index in [1.165, 1.54) is 29.2 Å². The molecule has 0 bridgehead atoms. The summed E-state index contributed by atoms with van der Waals surface area (Å²) in [5.74, 6) is -1.11. The van der Waals surface area contributed by atoms with Crippen LogP contribution in [-0.4, -0.2) is 59.4 Å². The Hall–Kier alpha value is -3.30. The van der Waals surface area contributed by atoms with Crippen LogP contribution < -0.4 is 5.32 Å². The van der Waals surface area contributed by atoms with Gasteiger partial charge in [-0.2, -0.15) is 0 Å². The molecular weight excluding hydrogens is 494 g/mol. The van der Waals surface area contributed by atoms with Gasteiger partial charge < -0.3 is 20.0 Å². The molecule has 37 heavy (non-hydrogen) atoms. The highest BCUT2D eigenvalue weighted by Gasteiger charge is 2.24. The smallest absolute Gasteiger partial charge is 0.322 e. The molecule has 3 amide bonds. The number of benzene rings is 2. The second kappa shape index (κ2) is 12.8. The van der Waals surface area contributed by atoms with E-state index in [-0.39, 0.29) is 30.5 Å². The number of amides is 3. The molecule has 0 atom stereocenters. The van der Waals surface area contributed by atoms with Gasteiger partial charge in [-0.25, -0.2) is 13.6 Å². The summed E-state index contributed by atoms with van der Waals surface area (Å²) in [4.78, 5) is 33.3. The van der Waals surface area contributed by atoms with Gasteiger partial charge >= 0.3 is 6.03 Å². The van der Waals surface area contributed by atoms with Crippen molar-refractivity contribution in [3.8, 4) is 0 Å². The van der Waals surface area contributed by atoms with Gasteiger partial charge in [0, 0.05) is 24.5 Å². The SMILES string of the molecule is Cc1ccsc1CN(Cc1ccc(F)cc1)C(=O)CN(CCN1CCCC1)C(=O)Nc1ccccc1F. The van der Waals surface area contributed by atoms with E-state index in [1.807, 2.05) is 18.4 Å². The number of nitrogens with one attached hydrogen (secondary N) is 1. The third-order valence-electron chi connectivity index (χ3n) is 6.56. The third kappa shape index (κ3) is 7.60. The molecule has 1 saturated heterocycles. The minimum atomic E-state index is -0.534. The van der Waals surface area contributed by atoms with E-state index in [1.54, 1.807) is 40.5 Å². The summed E-state index contributed by atoms with van der Waals surface area (Å²) in [5, 5.41) is 4.61. The predicted octanol–water partition coefficient (Wildman–Crippen LogP) is 5.49. The zero-order valence-electron chi connectivity index (χ0n) is 21.0. The van der Waals surface area contributed by atoms with Crippen molar-refractivity contribution >= 4 is 29.0 Å². The Morgan fingerprint density at radius 3 is 2.38 bits per heavy atom. The van der Waals surface area contributed by atoms with E-state index in [4.69, 9.17) is 0 Å². The molecule has 1 fully saturated rings. The van der Waals surface area contributed by atoms with Crippen LogP contribution in [0.5, 0.6) is 0 Å². The number of aryl methyl sites for hydroxylation is 1. The molecule has 1 N–H and O–H groups in total. The lowest BCUT2D eigenvalue weighted by atomic mass is 10.2. The van der Waals surface area contributed by atoms with Gasteiger partial charge in [0.25, 0.3) is 0 Å². The molecule has 0 unspecified atom stereocenters. The number of thiophene rings is 1. The number of urea groups is 1. The first kappa shape index (κ1) is 26.8. The van der Waals surface area contributed by atoms with E-state index in [0.29, 0.717) is 19.6 Å². The number of likely N-dealkylation sites (tertiary alicyclic amines) is 1. The molecule has 1 aliphatic rings. The van der Waals surface area contributed by atoms with Gasteiger partial charge in [-0.05, 0) is 79.7 Å². The zero-order chi connectivity index (χ0) is 26.2. The lowest BCUT2D eigenvalue weighted by Crippen LogP contribution is -2.46. The van der Waals surface area contributed by atoms with Crippen LogP contribution in [0.4, 0.5) is 19.3 Å². The van der Waals surface area contributed by atoms with Crippen LogP contribution in [0.3, 0.4) is 0 Å². The Morgan fingerprint density at radius 1 is 0.973 bits per heavy atom. The highest BCUT2D eigenvalue weighted by Crippen LogP contribution is 2.20. The van der Waals surface area contributed by atoms with Crippen molar-refractivity contribution in [3.63, 3.8) is 0 Å². The second-order valence-corrected chi connectivity index (χ2v) is 10.3. The number of nitrogens with zero attached hydrogens (tertiary/aromatic N) is 3. The van der Waals surface area contributed by atoms with Gasteiger partial charge in [0.15, 0.2) is 0 Å². The Morgan fingerprint density at radius 2 is 1.70 bits per heavy atom. The number of anilines is 1. The summed E-state index contributed by atoms with van der Waals surface area (Å²) in [6, 6.07) is 13.5. The van der Waals surface area contributed by atoms with E-state index >= 15 is 0 Å². The summed E-state index contributed by atoms with van der Waals surface area (Å²) in [6.07, 6.45) is 2.23. The highest BCUT2D eigenvalue weighted by molar-refractivity contribution is 7.10. The summed E-state index contributed by atoms with van der Waals surface area (Å²) < 4.78 is 27.7. The van der Waals surface area contributed by atoms with Crippen LogP contribution in [0.2, 0.25) is 0 Å². The van der Waals surface area contributed by atoms with E-state index in [2.05, 4.69) is 10.2 Å². The van der Waals surface area contributed by atoms with Crippen LogP contribution in [0.15, 0.2) is 60.0 Å². The maximum absolute atomic E-state index is 14.2. The zero-order valence-corrected chi connectivity index (χ0v) is 21.8. The van der Waals surface area contributed by atoms with Crippen molar-refractivity contribution in [3.05, 3.63) is 87.6 Å². The number of hydrogen-bond donors (Lipinski definition) is 1. The maximum atomic E-state index is 14.2. The summed E-state index contributed by atoms with van der Waals surface area (Å²) in [7, 11) is 0. The van der Waals surface area contributed by atoms with Crippen molar-refractivity contribution in [2.75, 3.05) is 38.0 Å². The Balaban J connectivity index is 1.51. The number of hydrogen-bond acceptors (Lipinski definition) is 4. The Labute approximate surface area is 220 Å². The number of carbonyl (C=O) groups excluding carboxylic acids is 2. The first-order valence-electron chi connectivity index (χ1n) is 12.5. The quantitative estimate of drug-likeness (QED) is 0.380. The summed E-state index contributed by atoms with van der Waals surface area (Å²) >= 11 is 1.57. The molecule has 0 saturated carbocycles. The predicted molar refractivity (Wildman–Crippen MR) is 142 cm³/mol. The summed E-state index contributed by atoms with van der Waals surface area (Å²) in [5.41, 5.74) is 1.96. The molecular formula is C28H32F2N4O2S. The first-order valence-corrected chi connectivity index (χ1v) is 13.3. The van der Waals surface area contributed by atoms with Crippen LogP contribution >= 0.6 is 11.3 Å². The first-order chi connectivity index (χ1) is 17.9. The molecule has 4 rings (SSSR count). The van der Waals surface area contributed by atoms with Crippen LogP contribution in [0.1, 0.15) is 28.8 Å². The van der Waals surface area contributed by atoms with Crippen LogP contribution in [0.25, 0.3) is 0 Å². The molecule has 196 valence electrons. The molecule has 9 heteroatoms. The second-order valence-electron chi connectivity index (χ2n) is 9.28. The lowest BCUT2D eigenvalue weighted by Gasteiger charge is -2.29. The number of carbonyl (C=O) groups is 2. The van der Waals surface area contributed by atoms with Gasteiger partial charge in [0.1, 0.15) is 18.2 Å². The molecule has 0 aliphatic carbocycles. The molecule has 0 spiro atoms. The van der Waals surface area contributed by atoms with Gasteiger partial charge in [-0.15, -0.1) is 11.3 Å². The average Bonchev–Trinajstić information content (AvgIpc) is 3.55. The molecule has 2 aromatic carbocycles. The standard InChI is InChI=1S/C28H32F2N4O2S/c1-21-12-17-37-26(21)19-34(18-22-8-10-23(29)11-9-22)27(35)20-33(16-15-32-13-4-5-14-32)28(36)31-25-7-3-2-6-24(25)30/h2-3,6-12,17H,4-5,13-16,18-20H2,1H3,(H,31,36). The molecule has 0 radical (unpaired) electrons. The molecule has 2 heterocycles. The van der Waals surface area contributed by atoms with Gasteiger partial charge in [-0.1, -0.05) is 24.3 Å². The van der Waals surface area contributed by atoms with Crippen molar-refractivity contribution in [1.29, 1.82) is 0 Å². The van der Waals surface area contributed by atoms with Crippen molar-refractivity contribution in [1.82, 2.24) is 14.7 Å². The summed E-state index contributed by atoms with van der Waals surface area (Å²) in [6.45, 7) is 5.42. The van der Waals surface area contributed by atoms with E-state index in [0.717, 1.165) is 41.9 Å². The topological polar surface area (TPSA) is 55.9 Å². The number of para-hydroxylation sites is 1. The molecule has 1 aromatic heterocycles. The van der Waals surface area contributed by atoms with Gasteiger partial charge in [0.2, 0.25) is 5.91 Å². The number of rotatable bonds is 10. The van der Waals surface area contributed by atoms with Gasteiger partial charge in [0.05, 0.1) is 12.2 Å². The van der Waals surface area contributed by atoms with Crippen molar-refractivity contribution < 1.29 is 18.4 Å². The minimum absolute atomic E-state index is 0.0727. The largest absolute Gasteiger partial charge is 0.332 e. The van der Waals surface area contributed by atoms with E-state index in [9.17, 15) is 18.4 Å². The molecule has 6 nitrogen and oxygen atoms in total. The molecule has 1 aliphatic heterocycles.